The maximum absolute atomic E-state index is 12.4. The fourth-order valence-corrected chi connectivity index (χ4v) is 2.67. The van der Waals surface area contributed by atoms with E-state index in [2.05, 4.69) is 20.9 Å². The molecule has 0 atom stereocenters. The molecule has 0 radical (unpaired) electrons. The van der Waals surface area contributed by atoms with E-state index in [9.17, 15) is 8.78 Å². The predicted molar refractivity (Wildman–Crippen MR) is 59.3 cm³/mol. The molecule has 1 heterocycles. The van der Waals surface area contributed by atoms with E-state index in [0.717, 1.165) is 0 Å². The van der Waals surface area contributed by atoms with Gasteiger partial charge in [0.1, 0.15) is 11.8 Å². The van der Waals surface area contributed by atoms with Gasteiger partial charge in [-0.15, -0.1) is 0 Å². The Bertz CT molecular complexity index is 390. The second kappa shape index (κ2) is 4.98. The molecule has 0 saturated heterocycles. The number of halogens is 4. The third-order valence-electron chi connectivity index (χ3n) is 1.62. The first-order chi connectivity index (χ1) is 6.61. The van der Waals surface area contributed by atoms with Crippen LogP contribution in [0.5, 0.6) is 0 Å². The van der Waals surface area contributed by atoms with E-state index in [1.165, 1.54) is 6.20 Å². The molecule has 1 aromatic rings. The molecule has 0 N–H and O–H groups in total. The van der Waals surface area contributed by atoms with Gasteiger partial charge in [-0.1, -0.05) is 15.9 Å². The highest BCUT2D eigenvalue weighted by atomic mass is 127. The molecule has 0 fully saturated rings. The van der Waals surface area contributed by atoms with E-state index < -0.39 is 12.1 Å². The van der Waals surface area contributed by atoms with E-state index in [1.54, 1.807) is 6.07 Å². The molecule has 6 heteroatoms. The number of nitrogens with zero attached hydrogens (tertiary/aromatic N) is 2. The summed E-state index contributed by atoms with van der Waals surface area (Å²) >= 11 is 5.12. The molecule has 1 aromatic heterocycles. The lowest BCUT2D eigenvalue weighted by Gasteiger charge is -2.07. The Kier molecular flexibility index (Phi) is 4.19. The Morgan fingerprint density at radius 3 is 2.71 bits per heavy atom. The number of pyridine rings is 1. The SMILES string of the molecule is N#Cc1c(C(F)F)ncc(I)c1CBr. The highest BCUT2D eigenvalue weighted by molar-refractivity contribution is 14.1. The molecule has 0 spiro atoms. The van der Waals surface area contributed by atoms with Crippen LogP contribution < -0.4 is 0 Å². The zero-order chi connectivity index (χ0) is 10.7. The van der Waals surface area contributed by atoms with Crippen LogP contribution in [-0.2, 0) is 5.33 Å². The molecule has 1 rings (SSSR count). The van der Waals surface area contributed by atoms with Crippen molar-refractivity contribution in [1.82, 2.24) is 4.98 Å². The maximum atomic E-state index is 12.4. The van der Waals surface area contributed by atoms with Crippen molar-refractivity contribution in [1.29, 1.82) is 5.26 Å². The number of hydrogen-bond acceptors (Lipinski definition) is 2. The molecule has 0 aliphatic carbocycles. The number of hydrogen-bond donors (Lipinski definition) is 0. The van der Waals surface area contributed by atoms with Gasteiger partial charge in [-0.3, -0.25) is 4.98 Å². The lowest BCUT2D eigenvalue weighted by atomic mass is 10.1. The first kappa shape index (κ1) is 11.8. The summed E-state index contributed by atoms with van der Waals surface area (Å²) in [4.78, 5) is 3.56. The Morgan fingerprint density at radius 2 is 2.29 bits per heavy atom. The minimum absolute atomic E-state index is 0.0243. The van der Waals surface area contributed by atoms with Crippen LogP contribution in [0.15, 0.2) is 6.20 Å². The molecule has 0 aromatic carbocycles. The summed E-state index contributed by atoms with van der Waals surface area (Å²) in [6, 6.07) is 1.76. The summed E-state index contributed by atoms with van der Waals surface area (Å²) in [6.07, 6.45) is -1.36. The lowest BCUT2D eigenvalue weighted by molar-refractivity contribution is 0.145. The average molecular weight is 373 g/mol. The van der Waals surface area contributed by atoms with Crippen LogP contribution in [0.25, 0.3) is 0 Å². The van der Waals surface area contributed by atoms with Gasteiger partial charge in [0.05, 0.1) is 5.56 Å². The van der Waals surface area contributed by atoms with Gasteiger partial charge >= 0.3 is 0 Å². The Morgan fingerprint density at radius 1 is 1.64 bits per heavy atom. The quantitative estimate of drug-likeness (QED) is 0.589. The van der Waals surface area contributed by atoms with Crippen molar-refractivity contribution in [2.45, 2.75) is 11.8 Å². The number of rotatable bonds is 2. The van der Waals surface area contributed by atoms with Crippen LogP contribution in [0.2, 0.25) is 0 Å². The third-order valence-corrected chi connectivity index (χ3v) is 3.11. The molecule has 0 bridgehead atoms. The Labute approximate surface area is 102 Å². The first-order valence-electron chi connectivity index (χ1n) is 3.53. The van der Waals surface area contributed by atoms with Gasteiger partial charge in [0.2, 0.25) is 0 Å². The van der Waals surface area contributed by atoms with Crippen molar-refractivity contribution >= 4 is 38.5 Å². The van der Waals surface area contributed by atoms with Gasteiger partial charge in [0, 0.05) is 15.1 Å². The molecule has 0 amide bonds. The molecule has 0 saturated carbocycles. The van der Waals surface area contributed by atoms with Crippen molar-refractivity contribution in [3.8, 4) is 6.07 Å². The van der Waals surface area contributed by atoms with E-state index >= 15 is 0 Å². The summed E-state index contributed by atoms with van der Waals surface area (Å²) < 4.78 is 25.6. The Balaban J connectivity index is 3.43. The largest absolute Gasteiger partial charge is 0.281 e. The van der Waals surface area contributed by atoms with Crippen molar-refractivity contribution in [2.24, 2.45) is 0 Å². The van der Waals surface area contributed by atoms with Gasteiger partial charge in [-0.05, 0) is 28.2 Å². The molecular formula is C8H4BrF2IN2. The maximum Gasteiger partial charge on any atom is 0.281 e. The van der Waals surface area contributed by atoms with Gasteiger partial charge in [-0.25, -0.2) is 8.78 Å². The fraction of sp³-hybridized carbons (Fsp3) is 0.250. The molecule has 0 aliphatic heterocycles. The van der Waals surface area contributed by atoms with Crippen molar-refractivity contribution < 1.29 is 8.78 Å². The van der Waals surface area contributed by atoms with E-state index in [-0.39, 0.29) is 5.56 Å². The van der Waals surface area contributed by atoms with Crippen LogP contribution >= 0.6 is 38.5 Å². The monoisotopic (exact) mass is 372 g/mol. The molecule has 2 nitrogen and oxygen atoms in total. The van der Waals surface area contributed by atoms with Crippen LogP contribution in [0.3, 0.4) is 0 Å². The van der Waals surface area contributed by atoms with Crippen LogP contribution in [-0.4, -0.2) is 4.98 Å². The molecule has 0 unspecified atom stereocenters. The zero-order valence-electron chi connectivity index (χ0n) is 6.77. The zero-order valence-corrected chi connectivity index (χ0v) is 10.5. The van der Waals surface area contributed by atoms with Gasteiger partial charge < -0.3 is 0 Å². The van der Waals surface area contributed by atoms with E-state index in [0.29, 0.717) is 14.5 Å². The number of nitriles is 1. The highest BCUT2D eigenvalue weighted by Crippen LogP contribution is 2.27. The minimum atomic E-state index is -2.71. The van der Waals surface area contributed by atoms with Gasteiger partial charge in [-0.2, -0.15) is 5.26 Å². The first-order valence-corrected chi connectivity index (χ1v) is 5.73. The number of alkyl halides is 3. The summed E-state index contributed by atoms with van der Waals surface area (Å²) in [5.74, 6) is 0. The average Bonchev–Trinajstić information content (AvgIpc) is 2.16. The summed E-state index contributed by atoms with van der Waals surface area (Å²) in [5, 5.41) is 9.13. The fourth-order valence-electron chi connectivity index (χ4n) is 0.964. The second-order valence-corrected chi connectivity index (χ2v) is 4.11. The molecule has 0 aliphatic rings. The van der Waals surface area contributed by atoms with Gasteiger partial charge in [0.15, 0.2) is 0 Å². The standard InChI is InChI=1S/C8H4BrF2IN2/c9-1-4-5(2-13)7(8(10)11)14-3-6(4)12/h3,8H,1H2. The lowest BCUT2D eigenvalue weighted by Crippen LogP contribution is -2.01. The minimum Gasteiger partial charge on any atom is -0.253 e. The topological polar surface area (TPSA) is 36.7 Å². The van der Waals surface area contributed by atoms with Crippen LogP contribution in [0, 0.1) is 14.9 Å². The number of aromatic nitrogens is 1. The highest BCUT2D eigenvalue weighted by Gasteiger charge is 2.19. The smallest absolute Gasteiger partial charge is 0.253 e. The van der Waals surface area contributed by atoms with E-state index in [4.69, 9.17) is 5.26 Å². The van der Waals surface area contributed by atoms with Crippen molar-refractivity contribution in [3.05, 3.63) is 26.6 Å². The summed E-state index contributed by atoms with van der Waals surface area (Å²) in [6.45, 7) is 0. The van der Waals surface area contributed by atoms with Gasteiger partial charge in [0.25, 0.3) is 6.43 Å². The molecular weight excluding hydrogens is 369 g/mol. The summed E-state index contributed by atoms with van der Waals surface area (Å²) in [5.41, 5.74) is 0.101. The molecule has 74 valence electrons. The third kappa shape index (κ3) is 2.20. The van der Waals surface area contributed by atoms with Crippen LogP contribution in [0.1, 0.15) is 23.2 Å². The van der Waals surface area contributed by atoms with Crippen molar-refractivity contribution in [3.63, 3.8) is 0 Å². The van der Waals surface area contributed by atoms with E-state index in [1.807, 2.05) is 22.6 Å². The normalized spacial score (nSPS) is 10.3. The van der Waals surface area contributed by atoms with Crippen LogP contribution in [0.4, 0.5) is 8.78 Å². The van der Waals surface area contributed by atoms with Crippen molar-refractivity contribution in [2.75, 3.05) is 0 Å². The second-order valence-electron chi connectivity index (χ2n) is 2.39. The predicted octanol–water partition coefficient (Wildman–Crippen LogP) is 3.39. The molecule has 14 heavy (non-hydrogen) atoms. The Hall–Kier alpha value is -0.290. The summed E-state index contributed by atoms with van der Waals surface area (Å²) in [7, 11) is 0.